The maximum absolute atomic E-state index is 12.3. The van der Waals surface area contributed by atoms with Crippen LogP contribution in [-0.2, 0) is 4.79 Å². The van der Waals surface area contributed by atoms with Crippen molar-refractivity contribution in [2.24, 2.45) is 5.92 Å². The van der Waals surface area contributed by atoms with Gasteiger partial charge in [-0.2, -0.15) is 0 Å². The zero-order valence-corrected chi connectivity index (χ0v) is 14.8. The Balaban J connectivity index is 2.07. The van der Waals surface area contributed by atoms with Gasteiger partial charge in [0.2, 0.25) is 5.91 Å². The van der Waals surface area contributed by atoms with Gasteiger partial charge < -0.3 is 20.1 Å². The van der Waals surface area contributed by atoms with Crippen molar-refractivity contribution in [3.05, 3.63) is 48.0 Å². The van der Waals surface area contributed by atoms with Gasteiger partial charge in [-0.05, 0) is 36.4 Å². The normalized spacial score (nSPS) is 10.3. The smallest absolute Gasteiger partial charge is 0.255 e. The van der Waals surface area contributed by atoms with Crippen LogP contribution in [0.4, 0.5) is 11.4 Å². The quantitative estimate of drug-likeness (QED) is 0.842. The van der Waals surface area contributed by atoms with Crippen molar-refractivity contribution in [1.82, 2.24) is 0 Å². The van der Waals surface area contributed by atoms with Gasteiger partial charge >= 0.3 is 0 Å². The second kappa shape index (κ2) is 8.19. The minimum atomic E-state index is -0.256. The summed E-state index contributed by atoms with van der Waals surface area (Å²) in [4.78, 5) is 24.0. The molecule has 0 heterocycles. The lowest BCUT2D eigenvalue weighted by Crippen LogP contribution is -2.18. The van der Waals surface area contributed by atoms with Crippen LogP contribution in [0.5, 0.6) is 11.5 Å². The molecule has 0 radical (unpaired) electrons. The summed E-state index contributed by atoms with van der Waals surface area (Å²) in [6.07, 6.45) is 0. The molecule has 0 unspecified atom stereocenters. The molecular formula is C19H22N2O4. The van der Waals surface area contributed by atoms with Crippen molar-refractivity contribution >= 4 is 23.2 Å². The van der Waals surface area contributed by atoms with Crippen molar-refractivity contribution < 1.29 is 19.1 Å². The third-order valence-electron chi connectivity index (χ3n) is 3.58. The van der Waals surface area contributed by atoms with Gasteiger partial charge in [-0.15, -0.1) is 0 Å². The molecule has 0 saturated carbocycles. The van der Waals surface area contributed by atoms with E-state index in [9.17, 15) is 9.59 Å². The van der Waals surface area contributed by atoms with Crippen LogP contribution in [0.15, 0.2) is 42.5 Å². The molecule has 0 fully saturated rings. The van der Waals surface area contributed by atoms with E-state index in [0.717, 1.165) is 0 Å². The highest BCUT2D eigenvalue weighted by molar-refractivity contribution is 6.04. The predicted octanol–water partition coefficient (Wildman–Crippen LogP) is 3.55. The summed E-state index contributed by atoms with van der Waals surface area (Å²) in [5.74, 6) is 0.697. The van der Waals surface area contributed by atoms with E-state index in [0.29, 0.717) is 28.4 Å². The molecule has 2 amide bonds. The van der Waals surface area contributed by atoms with Gasteiger partial charge in [0, 0.05) is 28.9 Å². The van der Waals surface area contributed by atoms with Gasteiger partial charge in [0.1, 0.15) is 0 Å². The molecule has 0 aliphatic heterocycles. The number of benzene rings is 2. The summed E-state index contributed by atoms with van der Waals surface area (Å²) < 4.78 is 10.4. The molecule has 2 N–H and O–H groups in total. The van der Waals surface area contributed by atoms with Gasteiger partial charge in [-0.3, -0.25) is 9.59 Å². The van der Waals surface area contributed by atoms with Crippen molar-refractivity contribution in [3.8, 4) is 11.5 Å². The van der Waals surface area contributed by atoms with Crippen LogP contribution in [0.3, 0.4) is 0 Å². The van der Waals surface area contributed by atoms with Crippen LogP contribution in [0.1, 0.15) is 24.2 Å². The van der Waals surface area contributed by atoms with Gasteiger partial charge in [-0.25, -0.2) is 0 Å². The first-order valence-electron chi connectivity index (χ1n) is 7.89. The largest absolute Gasteiger partial charge is 0.493 e. The second-order valence-electron chi connectivity index (χ2n) is 5.75. The highest BCUT2D eigenvalue weighted by Gasteiger charge is 2.11. The number of nitrogens with one attached hydrogen (secondary N) is 2. The van der Waals surface area contributed by atoms with E-state index in [2.05, 4.69) is 10.6 Å². The Hall–Kier alpha value is -3.02. The first-order valence-corrected chi connectivity index (χ1v) is 7.89. The third-order valence-corrected chi connectivity index (χ3v) is 3.58. The molecule has 0 aliphatic rings. The maximum atomic E-state index is 12.3. The Labute approximate surface area is 147 Å². The van der Waals surface area contributed by atoms with E-state index in [1.54, 1.807) is 49.6 Å². The lowest BCUT2D eigenvalue weighted by Gasteiger charge is -2.11. The fraction of sp³-hybridized carbons (Fsp3) is 0.263. The second-order valence-corrected chi connectivity index (χ2v) is 5.75. The summed E-state index contributed by atoms with van der Waals surface area (Å²) in [6, 6.07) is 11.9. The summed E-state index contributed by atoms with van der Waals surface area (Å²) in [6.45, 7) is 3.64. The first kappa shape index (κ1) is 18.3. The van der Waals surface area contributed by atoms with Crippen molar-refractivity contribution in [2.45, 2.75) is 13.8 Å². The molecule has 6 heteroatoms. The molecule has 132 valence electrons. The number of rotatable bonds is 6. The van der Waals surface area contributed by atoms with Gasteiger partial charge in [-0.1, -0.05) is 13.8 Å². The Morgan fingerprint density at radius 1 is 0.840 bits per heavy atom. The van der Waals surface area contributed by atoms with Crippen LogP contribution in [0.25, 0.3) is 0 Å². The van der Waals surface area contributed by atoms with Crippen LogP contribution in [-0.4, -0.2) is 26.0 Å². The molecule has 25 heavy (non-hydrogen) atoms. The number of amides is 2. The van der Waals surface area contributed by atoms with Crippen LogP contribution < -0.4 is 20.1 Å². The Morgan fingerprint density at radius 2 is 1.44 bits per heavy atom. The molecule has 2 aromatic carbocycles. The molecule has 0 bridgehead atoms. The zero-order chi connectivity index (χ0) is 18.4. The molecular weight excluding hydrogens is 320 g/mol. The highest BCUT2D eigenvalue weighted by Crippen LogP contribution is 2.29. The fourth-order valence-corrected chi connectivity index (χ4v) is 2.11. The summed E-state index contributed by atoms with van der Waals surface area (Å²) in [5.41, 5.74) is 1.73. The van der Waals surface area contributed by atoms with E-state index >= 15 is 0 Å². The molecule has 2 aromatic rings. The van der Waals surface area contributed by atoms with Crippen molar-refractivity contribution in [2.75, 3.05) is 24.9 Å². The maximum Gasteiger partial charge on any atom is 0.255 e. The Bertz CT molecular complexity index is 755. The molecule has 6 nitrogen and oxygen atoms in total. The standard InChI is InChI=1S/C19H22N2O4/c1-12(2)18(22)20-14-7-5-13(6-8-14)19(23)21-15-9-10-16(24-3)17(11-15)25-4/h5-12H,1-4H3,(H,20,22)(H,21,23). The van der Waals surface area contributed by atoms with E-state index in [4.69, 9.17) is 9.47 Å². The van der Waals surface area contributed by atoms with Crippen LogP contribution in [0.2, 0.25) is 0 Å². The monoisotopic (exact) mass is 342 g/mol. The van der Waals surface area contributed by atoms with Gasteiger partial charge in [0.25, 0.3) is 5.91 Å². The number of ether oxygens (including phenoxy) is 2. The minimum Gasteiger partial charge on any atom is -0.493 e. The summed E-state index contributed by atoms with van der Waals surface area (Å²) >= 11 is 0. The minimum absolute atomic E-state index is 0.0671. The van der Waals surface area contributed by atoms with Gasteiger partial charge in [0.05, 0.1) is 14.2 Å². The van der Waals surface area contributed by atoms with Crippen LogP contribution in [0, 0.1) is 5.92 Å². The third kappa shape index (κ3) is 4.73. The van der Waals surface area contributed by atoms with E-state index in [-0.39, 0.29) is 17.7 Å². The Kier molecular flexibility index (Phi) is 6.00. The lowest BCUT2D eigenvalue weighted by molar-refractivity contribution is -0.118. The van der Waals surface area contributed by atoms with E-state index < -0.39 is 0 Å². The molecule has 0 aliphatic carbocycles. The molecule has 0 aromatic heterocycles. The van der Waals surface area contributed by atoms with Crippen LogP contribution >= 0.6 is 0 Å². The average molecular weight is 342 g/mol. The number of anilines is 2. The Morgan fingerprint density at radius 3 is 2.00 bits per heavy atom. The first-order chi connectivity index (χ1) is 11.9. The highest BCUT2D eigenvalue weighted by atomic mass is 16.5. The summed E-state index contributed by atoms with van der Waals surface area (Å²) in [5, 5.41) is 5.58. The zero-order valence-electron chi connectivity index (χ0n) is 14.8. The predicted molar refractivity (Wildman–Crippen MR) is 97.4 cm³/mol. The molecule has 0 saturated heterocycles. The fourth-order valence-electron chi connectivity index (χ4n) is 2.11. The lowest BCUT2D eigenvalue weighted by atomic mass is 10.1. The average Bonchev–Trinajstić information content (AvgIpc) is 2.62. The van der Waals surface area contributed by atoms with Gasteiger partial charge in [0.15, 0.2) is 11.5 Å². The number of hydrogen-bond acceptors (Lipinski definition) is 4. The van der Waals surface area contributed by atoms with Crippen molar-refractivity contribution in [3.63, 3.8) is 0 Å². The number of hydrogen-bond donors (Lipinski definition) is 2. The van der Waals surface area contributed by atoms with E-state index in [1.807, 2.05) is 13.8 Å². The SMILES string of the molecule is COc1ccc(NC(=O)c2ccc(NC(=O)C(C)C)cc2)cc1OC. The number of carbonyl (C=O) groups is 2. The molecule has 0 atom stereocenters. The summed E-state index contributed by atoms with van der Waals surface area (Å²) in [7, 11) is 3.09. The molecule has 2 rings (SSSR count). The topological polar surface area (TPSA) is 76.7 Å². The number of carbonyl (C=O) groups excluding carboxylic acids is 2. The van der Waals surface area contributed by atoms with Crippen molar-refractivity contribution in [1.29, 1.82) is 0 Å². The van der Waals surface area contributed by atoms with E-state index in [1.165, 1.54) is 7.11 Å². The number of methoxy groups -OCH3 is 2. The molecule has 0 spiro atoms.